The van der Waals surface area contributed by atoms with Crippen LogP contribution in [0.5, 0.6) is 0 Å². The highest BCUT2D eigenvalue weighted by atomic mass is 35.5. The van der Waals surface area contributed by atoms with E-state index in [2.05, 4.69) is 20.1 Å². The van der Waals surface area contributed by atoms with E-state index >= 15 is 8.78 Å². The zero-order chi connectivity index (χ0) is 30.5. The fraction of sp³-hybridized carbons (Fsp3) is 0.200. The summed E-state index contributed by atoms with van der Waals surface area (Å²) in [5.74, 6) is -1.83. The number of nitrogens with two attached hydrogens (primary N) is 1. The Labute approximate surface area is 251 Å². The van der Waals surface area contributed by atoms with Crippen molar-refractivity contribution in [1.29, 1.82) is 0 Å². The Hall–Kier alpha value is -4.26. The molecule has 1 fully saturated rings. The first-order valence-corrected chi connectivity index (χ1v) is 15.3. The maximum absolute atomic E-state index is 15.7. The summed E-state index contributed by atoms with van der Waals surface area (Å²) in [5, 5.41) is 8.34. The third kappa shape index (κ3) is 5.37. The van der Waals surface area contributed by atoms with Gasteiger partial charge in [0.1, 0.15) is 28.0 Å². The summed E-state index contributed by atoms with van der Waals surface area (Å²) in [7, 11) is -4.30. The highest BCUT2D eigenvalue weighted by molar-refractivity contribution is 7.92. The number of anilines is 3. The minimum atomic E-state index is -4.30. The molecule has 2 aromatic heterocycles. The average Bonchev–Trinajstić information content (AvgIpc) is 3.35. The van der Waals surface area contributed by atoms with Gasteiger partial charge in [0.15, 0.2) is 0 Å². The molecular weight excluding hydrogens is 598 g/mol. The van der Waals surface area contributed by atoms with Gasteiger partial charge in [0.2, 0.25) is 0 Å². The first-order valence-electron chi connectivity index (χ1n) is 13.4. The van der Waals surface area contributed by atoms with Crippen LogP contribution < -0.4 is 15.8 Å². The van der Waals surface area contributed by atoms with Crippen molar-refractivity contribution in [2.75, 3.05) is 29.0 Å². The molecule has 0 saturated carbocycles. The van der Waals surface area contributed by atoms with Crippen molar-refractivity contribution < 1.29 is 21.9 Å². The van der Waals surface area contributed by atoms with Crippen LogP contribution in [-0.2, 0) is 14.8 Å². The van der Waals surface area contributed by atoms with Gasteiger partial charge in [0, 0.05) is 35.1 Å². The topological polar surface area (TPSA) is 124 Å². The SMILES string of the molecule is CC(C)n1nc(-c2cc(F)c(NS(=O)(=O)c3ccccc3Cl)cc2F)c2c(N)ncc(-c3ccc(NC4COC4)cc3)c21. The molecule has 1 saturated heterocycles. The minimum absolute atomic E-state index is 0.0594. The number of nitrogen functional groups attached to an aromatic ring is 1. The number of sulfonamides is 1. The molecule has 43 heavy (non-hydrogen) atoms. The molecule has 6 rings (SSSR count). The molecule has 0 aliphatic carbocycles. The second kappa shape index (κ2) is 11.1. The van der Waals surface area contributed by atoms with Crippen molar-refractivity contribution >= 4 is 49.7 Å². The van der Waals surface area contributed by atoms with E-state index in [1.54, 1.807) is 16.9 Å². The number of halogens is 3. The third-order valence-corrected chi connectivity index (χ3v) is 9.00. The molecule has 1 aliphatic heterocycles. The van der Waals surface area contributed by atoms with Crippen LogP contribution in [0.15, 0.2) is 71.8 Å². The second-order valence-corrected chi connectivity index (χ2v) is 12.5. The predicted molar refractivity (Wildman–Crippen MR) is 164 cm³/mol. The number of pyridine rings is 1. The number of aromatic nitrogens is 3. The van der Waals surface area contributed by atoms with E-state index in [0.717, 1.165) is 23.4 Å². The Kier molecular flexibility index (Phi) is 7.45. The van der Waals surface area contributed by atoms with Gasteiger partial charge >= 0.3 is 0 Å². The number of benzene rings is 3. The van der Waals surface area contributed by atoms with Gasteiger partial charge in [-0.1, -0.05) is 35.9 Å². The standard InChI is InChI=1S/C30H27ClF2N6O3S/c1-16(2)39-29-21(17-7-9-18(10-8-17)36-19-14-42-15-19)13-35-30(34)27(29)28(37-39)20-11-24(33)25(12-23(20)32)38-43(40,41)26-6-4-3-5-22(26)31/h3-13,16,19,36,38H,14-15H2,1-2H3,(H2,34,35). The highest BCUT2D eigenvalue weighted by Crippen LogP contribution is 2.40. The van der Waals surface area contributed by atoms with Crippen molar-refractivity contribution in [3.05, 3.63) is 83.5 Å². The molecule has 0 unspecified atom stereocenters. The van der Waals surface area contributed by atoms with Gasteiger partial charge < -0.3 is 15.8 Å². The van der Waals surface area contributed by atoms with Crippen molar-refractivity contribution in [2.45, 2.75) is 30.8 Å². The Bertz CT molecular complexity index is 1960. The van der Waals surface area contributed by atoms with E-state index in [1.165, 1.54) is 18.2 Å². The molecule has 0 amide bonds. The van der Waals surface area contributed by atoms with Gasteiger partial charge in [-0.25, -0.2) is 22.2 Å². The molecule has 0 atom stereocenters. The molecule has 0 spiro atoms. The normalized spacial score (nSPS) is 13.8. The number of ether oxygens (including phenoxy) is 1. The number of nitrogens with one attached hydrogen (secondary N) is 2. The van der Waals surface area contributed by atoms with Crippen LogP contribution in [0.25, 0.3) is 33.3 Å². The van der Waals surface area contributed by atoms with E-state index in [0.29, 0.717) is 29.7 Å². The molecule has 5 aromatic rings. The van der Waals surface area contributed by atoms with E-state index in [9.17, 15) is 8.42 Å². The smallest absolute Gasteiger partial charge is 0.263 e. The summed E-state index contributed by atoms with van der Waals surface area (Å²) >= 11 is 6.02. The number of hydrogen-bond donors (Lipinski definition) is 3. The zero-order valence-corrected chi connectivity index (χ0v) is 24.7. The lowest BCUT2D eigenvalue weighted by molar-refractivity contribution is 0.0211. The minimum Gasteiger partial charge on any atom is -0.383 e. The number of rotatable bonds is 8. The maximum Gasteiger partial charge on any atom is 0.263 e. The van der Waals surface area contributed by atoms with Gasteiger partial charge in [-0.2, -0.15) is 5.10 Å². The maximum atomic E-state index is 15.7. The lowest BCUT2D eigenvalue weighted by Crippen LogP contribution is -2.40. The lowest BCUT2D eigenvalue weighted by atomic mass is 10.0. The molecule has 13 heteroatoms. The summed E-state index contributed by atoms with van der Waals surface area (Å²) in [6, 6.07) is 15.2. The Balaban J connectivity index is 1.43. The van der Waals surface area contributed by atoms with Gasteiger partial charge in [-0.3, -0.25) is 9.40 Å². The van der Waals surface area contributed by atoms with E-state index in [4.69, 9.17) is 22.1 Å². The summed E-state index contributed by atoms with van der Waals surface area (Å²) in [4.78, 5) is 4.10. The monoisotopic (exact) mass is 624 g/mol. The van der Waals surface area contributed by atoms with Gasteiger partial charge in [0.25, 0.3) is 10.0 Å². The van der Waals surface area contributed by atoms with Crippen LogP contribution in [0, 0.1) is 11.6 Å². The van der Waals surface area contributed by atoms with Crippen molar-refractivity contribution in [3.8, 4) is 22.4 Å². The van der Waals surface area contributed by atoms with Gasteiger partial charge in [0.05, 0.1) is 40.9 Å². The zero-order valence-electron chi connectivity index (χ0n) is 23.1. The van der Waals surface area contributed by atoms with Crippen molar-refractivity contribution in [2.24, 2.45) is 0 Å². The fourth-order valence-electron chi connectivity index (χ4n) is 4.94. The molecule has 9 nitrogen and oxygen atoms in total. The molecule has 3 aromatic carbocycles. The summed E-state index contributed by atoms with van der Waals surface area (Å²) in [6.45, 7) is 5.14. The Morgan fingerprint density at radius 3 is 2.42 bits per heavy atom. The van der Waals surface area contributed by atoms with Crippen LogP contribution in [0.4, 0.5) is 26.0 Å². The van der Waals surface area contributed by atoms with Crippen LogP contribution >= 0.6 is 11.6 Å². The van der Waals surface area contributed by atoms with Crippen LogP contribution in [0.3, 0.4) is 0 Å². The second-order valence-electron chi connectivity index (χ2n) is 10.5. The first kappa shape index (κ1) is 28.8. The average molecular weight is 625 g/mol. The quantitative estimate of drug-likeness (QED) is 0.181. The first-order chi connectivity index (χ1) is 20.5. The fourth-order valence-corrected chi connectivity index (χ4v) is 6.52. The van der Waals surface area contributed by atoms with E-state index in [1.807, 2.05) is 38.1 Å². The molecule has 3 heterocycles. The molecule has 0 radical (unpaired) electrons. The molecule has 1 aliphatic rings. The predicted octanol–water partition coefficient (Wildman–Crippen LogP) is 6.47. The van der Waals surface area contributed by atoms with Crippen LogP contribution in [0.1, 0.15) is 19.9 Å². The van der Waals surface area contributed by atoms with E-state index in [-0.39, 0.29) is 39.1 Å². The lowest BCUT2D eigenvalue weighted by Gasteiger charge is -2.27. The van der Waals surface area contributed by atoms with Crippen LogP contribution in [-0.4, -0.2) is 42.4 Å². The molecule has 0 bridgehead atoms. The Morgan fingerprint density at radius 1 is 1.05 bits per heavy atom. The molecule has 222 valence electrons. The van der Waals surface area contributed by atoms with Crippen molar-refractivity contribution in [1.82, 2.24) is 14.8 Å². The van der Waals surface area contributed by atoms with Crippen molar-refractivity contribution in [3.63, 3.8) is 0 Å². The summed E-state index contributed by atoms with van der Waals surface area (Å²) in [5.41, 5.74) is 8.72. The summed E-state index contributed by atoms with van der Waals surface area (Å²) < 4.78 is 65.8. The molecule has 4 N–H and O–H groups in total. The van der Waals surface area contributed by atoms with Gasteiger partial charge in [-0.05, 0) is 49.7 Å². The van der Waals surface area contributed by atoms with Crippen LogP contribution in [0.2, 0.25) is 5.02 Å². The molecular formula is C30H27ClF2N6O3S. The third-order valence-electron chi connectivity index (χ3n) is 7.13. The number of hydrogen-bond acceptors (Lipinski definition) is 7. The Morgan fingerprint density at radius 2 is 1.77 bits per heavy atom. The van der Waals surface area contributed by atoms with Gasteiger partial charge in [-0.15, -0.1) is 0 Å². The number of fused-ring (bicyclic) bond motifs is 1. The number of nitrogens with zero attached hydrogens (tertiary/aromatic N) is 3. The summed E-state index contributed by atoms with van der Waals surface area (Å²) in [6.07, 6.45) is 1.63. The highest BCUT2D eigenvalue weighted by Gasteiger charge is 2.26. The van der Waals surface area contributed by atoms with E-state index < -0.39 is 27.3 Å². The largest absolute Gasteiger partial charge is 0.383 e.